The van der Waals surface area contributed by atoms with Crippen LogP contribution >= 0.6 is 11.3 Å². The minimum absolute atomic E-state index is 0.283. The standard InChI is InChI=1S/C25H34N4OS/c1-4-28(5-2)21-9-12-29(15-21)24(30)17-27-11-10-22-23(16-27)31-18(3)25(22)20-8-6-7-19(13-20)14-26/h6-8,13-14,21,26H,4-5,9-12,15-17H2,1-3H3. The summed E-state index contributed by atoms with van der Waals surface area (Å²) in [6.45, 7) is 12.8. The fourth-order valence-electron chi connectivity index (χ4n) is 5.19. The molecular formula is C25H34N4OS. The van der Waals surface area contributed by atoms with Crippen LogP contribution in [0, 0.1) is 12.3 Å². The zero-order valence-corrected chi connectivity index (χ0v) is 19.8. The molecule has 2 aliphatic heterocycles. The zero-order valence-electron chi connectivity index (χ0n) is 19.0. The Balaban J connectivity index is 1.42. The Kier molecular flexibility index (Phi) is 6.89. The molecule has 0 spiro atoms. The number of likely N-dealkylation sites (tertiary alicyclic amines) is 1. The summed E-state index contributed by atoms with van der Waals surface area (Å²) in [4.78, 5) is 22.6. The lowest BCUT2D eigenvalue weighted by molar-refractivity contribution is -0.131. The molecule has 0 radical (unpaired) electrons. The molecule has 0 bridgehead atoms. The summed E-state index contributed by atoms with van der Waals surface area (Å²) in [7, 11) is 0. The van der Waals surface area contributed by atoms with Gasteiger partial charge < -0.3 is 10.3 Å². The number of rotatable bonds is 7. The van der Waals surface area contributed by atoms with Crippen molar-refractivity contribution in [2.45, 2.75) is 46.2 Å². The van der Waals surface area contributed by atoms with E-state index in [4.69, 9.17) is 5.41 Å². The minimum Gasteiger partial charge on any atom is -0.340 e. The summed E-state index contributed by atoms with van der Waals surface area (Å²) in [5.41, 5.74) is 4.93. The van der Waals surface area contributed by atoms with Gasteiger partial charge in [0.05, 0.1) is 6.54 Å². The van der Waals surface area contributed by atoms with Crippen LogP contribution in [-0.2, 0) is 17.8 Å². The molecule has 1 atom stereocenters. The number of benzene rings is 1. The highest BCUT2D eigenvalue weighted by atomic mass is 32.1. The summed E-state index contributed by atoms with van der Waals surface area (Å²) in [6.07, 6.45) is 3.49. The number of fused-ring (bicyclic) bond motifs is 1. The Morgan fingerprint density at radius 3 is 2.84 bits per heavy atom. The lowest BCUT2D eigenvalue weighted by Crippen LogP contribution is -2.43. The highest BCUT2D eigenvalue weighted by molar-refractivity contribution is 7.12. The van der Waals surface area contributed by atoms with Crippen LogP contribution in [0.4, 0.5) is 0 Å². The van der Waals surface area contributed by atoms with Crippen LogP contribution in [0.2, 0.25) is 0 Å². The number of carbonyl (C=O) groups excluding carboxylic acids is 1. The Labute approximate surface area is 190 Å². The van der Waals surface area contributed by atoms with Crippen LogP contribution in [0.3, 0.4) is 0 Å². The van der Waals surface area contributed by atoms with Crippen molar-refractivity contribution in [2.24, 2.45) is 0 Å². The van der Waals surface area contributed by atoms with Crippen molar-refractivity contribution < 1.29 is 4.79 Å². The molecule has 5 nitrogen and oxygen atoms in total. The van der Waals surface area contributed by atoms with Gasteiger partial charge in [-0.05, 0) is 61.2 Å². The lowest BCUT2D eigenvalue weighted by Gasteiger charge is -2.29. The van der Waals surface area contributed by atoms with Crippen LogP contribution in [0.25, 0.3) is 11.1 Å². The number of nitrogens with one attached hydrogen (secondary N) is 1. The van der Waals surface area contributed by atoms with Gasteiger partial charge in [0.25, 0.3) is 0 Å². The summed E-state index contributed by atoms with van der Waals surface area (Å²) >= 11 is 1.87. The molecule has 1 N–H and O–H groups in total. The van der Waals surface area contributed by atoms with Crippen molar-refractivity contribution in [3.63, 3.8) is 0 Å². The van der Waals surface area contributed by atoms with Crippen LogP contribution in [-0.4, -0.2) is 72.1 Å². The van der Waals surface area contributed by atoms with Crippen molar-refractivity contribution >= 4 is 23.5 Å². The molecule has 1 aromatic heterocycles. The molecule has 31 heavy (non-hydrogen) atoms. The Bertz CT molecular complexity index is 949. The molecular weight excluding hydrogens is 404 g/mol. The second kappa shape index (κ2) is 9.63. The number of carbonyl (C=O) groups is 1. The smallest absolute Gasteiger partial charge is 0.236 e. The third-order valence-electron chi connectivity index (χ3n) is 6.86. The van der Waals surface area contributed by atoms with Crippen LogP contribution in [0.15, 0.2) is 24.3 Å². The van der Waals surface area contributed by atoms with E-state index in [1.165, 1.54) is 32.7 Å². The summed E-state index contributed by atoms with van der Waals surface area (Å²) in [5, 5.41) is 7.56. The topological polar surface area (TPSA) is 50.6 Å². The van der Waals surface area contributed by atoms with Gasteiger partial charge in [0.1, 0.15) is 0 Å². The highest BCUT2D eigenvalue weighted by Crippen LogP contribution is 2.39. The fourth-order valence-corrected chi connectivity index (χ4v) is 6.47. The first-order chi connectivity index (χ1) is 15.0. The van der Waals surface area contributed by atoms with Crippen molar-refractivity contribution in [3.8, 4) is 11.1 Å². The number of nitrogens with zero attached hydrogens (tertiary/aromatic N) is 3. The van der Waals surface area contributed by atoms with Crippen molar-refractivity contribution in [1.29, 1.82) is 5.41 Å². The van der Waals surface area contributed by atoms with E-state index in [0.717, 1.165) is 57.7 Å². The molecule has 0 aliphatic carbocycles. The summed E-state index contributed by atoms with van der Waals surface area (Å²) in [5.74, 6) is 0.283. The third-order valence-corrected chi connectivity index (χ3v) is 7.99. The molecule has 2 aliphatic rings. The molecule has 4 rings (SSSR count). The lowest BCUT2D eigenvalue weighted by atomic mass is 9.95. The van der Waals surface area contributed by atoms with Gasteiger partial charge >= 0.3 is 0 Å². The van der Waals surface area contributed by atoms with E-state index in [1.807, 2.05) is 23.5 Å². The van der Waals surface area contributed by atoms with Gasteiger partial charge in [-0.25, -0.2) is 0 Å². The molecule has 2 aromatic rings. The predicted molar refractivity (Wildman–Crippen MR) is 129 cm³/mol. The first-order valence-corrected chi connectivity index (χ1v) is 12.3. The third kappa shape index (κ3) is 4.61. The summed E-state index contributed by atoms with van der Waals surface area (Å²) in [6, 6.07) is 8.79. The Morgan fingerprint density at radius 2 is 2.10 bits per heavy atom. The number of likely N-dealkylation sites (N-methyl/N-ethyl adjacent to an activating group) is 1. The van der Waals surface area contributed by atoms with Gasteiger partial charge in [0, 0.05) is 48.2 Å². The Hall–Kier alpha value is -2.02. The van der Waals surface area contributed by atoms with Crippen molar-refractivity contribution in [2.75, 3.05) is 39.3 Å². The van der Waals surface area contributed by atoms with Crippen molar-refractivity contribution in [1.82, 2.24) is 14.7 Å². The van der Waals surface area contributed by atoms with E-state index in [0.29, 0.717) is 12.6 Å². The van der Waals surface area contributed by atoms with E-state index in [-0.39, 0.29) is 5.91 Å². The minimum atomic E-state index is 0.283. The normalized spacial score (nSPS) is 19.1. The predicted octanol–water partition coefficient (Wildman–Crippen LogP) is 4.02. The molecule has 1 amide bonds. The number of amides is 1. The average Bonchev–Trinajstić information content (AvgIpc) is 3.38. The molecule has 166 valence electrons. The monoisotopic (exact) mass is 438 g/mol. The van der Waals surface area contributed by atoms with Gasteiger partial charge in [-0.15, -0.1) is 11.3 Å². The first-order valence-electron chi connectivity index (χ1n) is 11.5. The van der Waals surface area contributed by atoms with Crippen LogP contribution in [0.5, 0.6) is 0 Å². The van der Waals surface area contributed by atoms with Crippen molar-refractivity contribution in [3.05, 3.63) is 45.1 Å². The molecule has 1 aromatic carbocycles. The van der Waals surface area contributed by atoms with Crippen LogP contribution in [0.1, 0.15) is 41.1 Å². The molecule has 0 saturated carbocycles. The molecule has 3 heterocycles. The van der Waals surface area contributed by atoms with Gasteiger partial charge in [-0.2, -0.15) is 0 Å². The van der Waals surface area contributed by atoms with Gasteiger partial charge in [-0.3, -0.25) is 14.6 Å². The number of hydrogen-bond acceptors (Lipinski definition) is 5. The molecule has 1 fully saturated rings. The fraction of sp³-hybridized carbons (Fsp3) is 0.520. The average molecular weight is 439 g/mol. The Morgan fingerprint density at radius 1 is 1.29 bits per heavy atom. The van der Waals surface area contributed by atoms with Gasteiger partial charge in [-0.1, -0.05) is 32.0 Å². The number of hydrogen-bond donors (Lipinski definition) is 1. The molecule has 6 heteroatoms. The van der Waals surface area contributed by atoms with E-state index in [1.54, 1.807) is 0 Å². The van der Waals surface area contributed by atoms with E-state index in [9.17, 15) is 4.79 Å². The summed E-state index contributed by atoms with van der Waals surface area (Å²) < 4.78 is 0. The van der Waals surface area contributed by atoms with Gasteiger partial charge in [0.2, 0.25) is 5.91 Å². The maximum Gasteiger partial charge on any atom is 0.236 e. The second-order valence-corrected chi connectivity index (χ2v) is 9.98. The maximum absolute atomic E-state index is 13.0. The van der Waals surface area contributed by atoms with E-state index in [2.05, 4.69) is 47.6 Å². The molecule has 1 unspecified atom stereocenters. The highest BCUT2D eigenvalue weighted by Gasteiger charge is 2.31. The van der Waals surface area contributed by atoms with E-state index >= 15 is 0 Å². The molecule has 1 saturated heterocycles. The van der Waals surface area contributed by atoms with E-state index < -0.39 is 0 Å². The van der Waals surface area contributed by atoms with Crippen LogP contribution < -0.4 is 0 Å². The quantitative estimate of drug-likeness (QED) is 0.664. The maximum atomic E-state index is 13.0. The largest absolute Gasteiger partial charge is 0.340 e. The second-order valence-electron chi connectivity index (χ2n) is 8.67. The number of aryl methyl sites for hydroxylation is 1. The first kappa shape index (κ1) is 22.2. The SMILES string of the molecule is CCN(CC)C1CCN(C(=O)CN2CCc3c(sc(C)c3-c3cccc(C=N)c3)C2)C1. The van der Waals surface area contributed by atoms with Gasteiger partial charge in [0.15, 0.2) is 0 Å². The number of thiophene rings is 1. The zero-order chi connectivity index (χ0) is 22.0.